The maximum atomic E-state index is 11.8. The molecule has 5 heteroatoms. The van der Waals surface area contributed by atoms with Gasteiger partial charge in [0.2, 0.25) is 0 Å². The monoisotopic (exact) mass is 269 g/mol. The van der Waals surface area contributed by atoms with Gasteiger partial charge in [-0.1, -0.05) is 30.3 Å². The third-order valence-corrected chi connectivity index (χ3v) is 3.25. The fourth-order valence-electron chi connectivity index (χ4n) is 1.65. The van der Waals surface area contributed by atoms with Gasteiger partial charge < -0.3 is 9.30 Å². The van der Waals surface area contributed by atoms with Crippen LogP contribution in [-0.4, -0.2) is 31.9 Å². The van der Waals surface area contributed by atoms with Crippen LogP contribution in [-0.2, 0) is 20.5 Å². The predicted octanol–water partition coefficient (Wildman–Crippen LogP) is 2.29. The zero-order valence-corrected chi connectivity index (χ0v) is 11.9. The third kappa shape index (κ3) is 5.48. The van der Waals surface area contributed by atoms with Crippen molar-refractivity contribution in [3.63, 3.8) is 0 Å². The van der Waals surface area contributed by atoms with Gasteiger partial charge in [0.15, 0.2) is 0 Å². The van der Waals surface area contributed by atoms with E-state index in [4.69, 9.17) is 4.74 Å². The molecule has 0 amide bonds. The molecule has 18 heavy (non-hydrogen) atoms. The van der Waals surface area contributed by atoms with Gasteiger partial charge in [-0.05, 0) is 18.9 Å². The summed E-state index contributed by atoms with van der Waals surface area (Å²) in [7, 11) is -2.49. The second-order valence-corrected chi connectivity index (χ2v) is 7.43. The van der Waals surface area contributed by atoms with Crippen LogP contribution < -0.4 is 5.09 Å². The highest BCUT2D eigenvalue weighted by molar-refractivity contribution is 7.60. The molecule has 0 heterocycles. The second-order valence-electron chi connectivity index (χ2n) is 4.47. The van der Waals surface area contributed by atoms with E-state index in [2.05, 4.69) is 5.09 Å². The Hall–Kier alpha value is -1.12. The van der Waals surface area contributed by atoms with Crippen molar-refractivity contribution in [2.45, 2.75) is 19.4 Å². The van der Waals surface area contributed by atoms with E-state index in [1.165, 1.54) is 0 Å². The van der Waals surface area contributed by atoms with Crippen LogP contribution in [0.15, 0.2) is 30.3 Å². The number of hydrogen-bond donors (Lipinski definition) is 1. The van der Waals surface area contributed by atoms with Gasteiger partial charge >= 0.3 is 5.97 Å². The fraction of sp³-hybridized carbons (Fsp3) is 0.462. The van der Waals surface area contributed by atoms with Crippen molar-refractivity contribution in [1.82, 2.24) is 5.09 Å². The summed E-state index contributed by atoms with van der Waals surface area (Å²) >= 11 is 0. The largest absolute Gasteiger partial charge is 0.465 e. The molecule has 0 fully saturated rings. The minimum Gasteiger partial charge on any atom is -0.465 e. The number of hydrogen-bond acceptors (Lipinski definition) is 3. The minimum atomic E-state index is -2.49. The lowest BCUT2D eigenvalue weighted by molar-refractivity contribution is -0.145. The topological polar surface area (TPSA) is 55.4 Å². The van der Waals surface area contributed by atoms with E-state index in [1.54, 1.807) is 20.3 Å². The summed E-state index contributed by atoms with van der Waals surface area (Å²) in [6.45, 7) is 5.28. The minimum absolute atomic E-state index is 0.323. The molecule has 1 aromatic carbocycles. The van der Waals surface area contributed by atoms with Crippen LogP contribution in [0.3, 0.4) is 0 Å². The molecule has 100 valence electrons. The maximum absolute atomic E-state index is 11.8. The smallest absolute Gasteiger partial charge is 0.323 e. The summed E-state index contributed by atoms with van der Waals surface area (Å²) in [4.78, 5) is 11.8. The third-order valence-electron chi connectivity index (χ3n) is 2.32. The number of benzene rings is 1. The SMILES string of the molecule is CCOC(=O)C(Cc1ccccc1)NP(C)(C)=O. The Morgan fingerprint density at radius 1 is 1.33 bits per heavy atom. The van der Waals surface area contributed by atoms with E-state index in [-0.39, 0.29) is 5.97 Å². The highest BCUT2D eigenvalue weighted by atomic mass is 31.2. The van der Waals surface area contributed by atoms with Crippen LogP contribution in [0.2, 0.25) is 0 Å². The molecule has 1 atom stereocenters. The van der Waals surface area contributed by atoms with Gasteiger partial charge in [0.05, 0.1) is 6.61 Å². The molecule has 0 radical (unpaired) electrons. The van der Waals surface area contributed by atoms with Crippen molar-refractivity contribution in [1.29, 1.82) is 0 Å². The highest BCUT2D eigenvalue weighted by Crippen LogP contribution is 2.31. The quantitative estimate of drug-likeness (QED) is 0.636. The van der Waals surface area contributed by atoms with Crippen LogP contribution >= 0.6 is 7.29 Å². The van der Waals surface area contributed by atoms with E-state index < -0.39 is 13.3 Å². The van der Waals surface area contributed by atoms with Crippen molar-refractivity contribution in [2.75, 3.05) is 19.9 Å². The molecule has 1 rings (SSSR count). The summed E-state index contributed by atoms with van der Waals surface area (Å²) in [5.74, 6) is -0.356. The molecule has 1 unspecified atom stereocenters. The number of rotatable bonds is 6. The summed E-state index contributed by atoms with van der Waals surface area (Å²) in [5, 5.41) is 2.87. The summed E-state index contributed by atoms with van der Waals surface area (Å²) < 4.78 is 16.8. The standard InChI is InChI=1S/C13H20NO3P/c1-4-17-13(15)12(14-18(2,3)16)10-11-8-6-5-7-9-11/h5-9,12H,4,10H2,1-3H3,(H,14,16). The fourth-order valence-corrected chi connectivity index (χ4v) is 2.60. The molecule has 0 aliphatic heterocycles. The lowest BCUT2D eigenvalue weighted by Gasteiger charge is -2.20. The number of esters is 1. The van der Waals surface area contributed by atoms with Gasteiger partial charge in [0, 0.05) is 13.3 Å². The number of nitrogens with one attached hydrogen (secondary N) is 1. The van der Waals surface area contributed by atoms with Crippen molar-refractivity contribution in [3.8, 4) is 0 Å². The Morgan fingerprint density at radius 2 is 1.94 bits per heavy atom. The van der Waals surface area contributed by atoms with Gasteiger partial charge in [0.1, 0.15) is 13.3 Å². The van der Waals surface area contributed by atoms with Crippen LogP contribution in [0.4, 0.5) is 0 Å². The zero-order chi connectivity index (χ0) is 13.6. The molecule has 0 aliphatic carbocycles. The lowest BCUT2D eigenvalue weighted by Crippen LogP contribution is -2.37. The first-order valence-electron chi connectivity index (χ1n) is 5.95. The molecule has 0 spiro atoms. The van der Waals surface area contributed by atoms with E-state index in [0.29, 0.717) is 13.0 Å². The molecular weight excluding hydrogens is 249 g/mol. The molecule has 1 aromatic rings. The highest BCUT2D eigenvalue weighted by Gasteiger charge is 2.24. The average molecular weight is 269 g/mol. The zero-order valence-electron chi connectivity index (χ0n) is 11.1. The number of ether oxygens (including phenoxy) is 1. The summed E-state index contributed by atoms with van der Waals surface area (Å²) in [6, 6.07) is 9.05. The average Bonchev–Trinajstić information content (AvgIpc) is 2.28. The number of carbonyl (C=O) groups excluding carboxylic acids is 1. The molecule has 1 N–H and O–H groups in total. The van der Waals surface area contributed by atoms with Gasteiger partial charge in [-0.15, -0.1) is 0 Å². The molecule has 0 bridgehead atoms. The predicted molar refractivity (Wildman–Crippen MR) is 73.2 cm³/mol. The van der Waals surface area contributed by atoms with Crippen molar-refractivity contribution >= 4 is 13.3 Å². The van der Waals surface area contributed by atoms with Crippen molar-refractivity contribution in [2.24, 2.45) is 0 Å². The van der Waals surface area contributed by atoms with Gasteiger partial charge in [-0.3, -0.25) is 9.88 Å². The van der Waals surface area contributed by atoms with Gasteiger partial charge in [0.25, 0.3) is 0 Å². The Labute approximate surface area is 108 Å². The first kappa shape index (κ1) is 14.9. The Bertz CT molecular complexity index is 427. The van der Waals surface area contributed by atoms with E-state index in [0.717, 1.165) is 5.56 Å². The van der Waals surface area contributed by atoms with Crippen molar-refractivity contribution in [3.05, 3.63) is 35.9 Å². The van der Waals surface area contributed by atoms with Gasteiger partial charge in [-0.25, -0.2) is 0 Å². The van der Waals surface area contributed by atoms with Crippen LogP contribution in [0.25, 0.3) is 0 Å². The molecule has 4 nitrogen and oxygen atoms in total. The summed E-state index contributed by atoms with van der Waals surface area (Å²) in [5.41, 5.74) is 1.01. The molecule has 0 saturated carbocycles. The van der Waals surface area contributed by atoms with Crippen LogP contribution in [0.1, 0.15) is 12.5 Å². The van der Waals surface area contributed by atoms with Crippen molar-refractivity contribution < 1.29 is 14.1 Å². The molecule has 0 aromatic heterocycles. The van der Waals surface area contributed by atoms with Crippen LogP contribution in [0, 0.1) is 0 Å². The number of carbonyl (C=O) groups is 1. The van der Waals surface area contributed by atoms with Gasteiger partial charge in [-0.2, -0.15) is 0 Å². The first-order valence-corrected chi connectivity index (χ1v) is 8.56. The van der Waals surface area contributed by atoms with E-state index in [9.17, 15) is 9.36 Å². The second kappa shape index (κ2) is 6.72. The first-order chi connectivity index (χ1) is 8.42. The molecular formula is C13H20NO3P. The Balaban J connectivity index is 2.78. The van der Waals surface area contributed by atoms with Crippen LogP contribution in [0.5, 0.6) is 0 Å². The molecule has 0 aliphatic rings. The summed E-state index contributed by atoms with van der Waals surface area (Å²) in [6.07, 6.45) is 0.478. The maximum Gasteiger partial charge on any atom is 0.323 e. The lowest BCUT2D eigenvalue weighted by atomic mass is 10.1. The Morgan fingerprint density at radius 3 is 2.44 bits per heavy atom. The normalized spacial score (nSPS) is 13.1. The van der Waals surface area contributed by atoms with E-state index >= 15 is 0 Å². The van der Waals surface area contributed by atoms with E-state index in [1.807, 2.05) is 30.3 Å². The Kier molecular flexibility index (Phi) is 5.57. The molecule has 0 saturated heterocycles.